The molecule has 0 amide bonds. The van der Waals surface area contributed by atoms with Gasteiger partial charge in [-0.2, -0.15) is 0 Å². The molecule has 0 saturated heterocycles. The van der Waals surface area contributed by atoms with E-state index in [1.807, 2.05) is 26.0 Å². The molecule has 0 aromatic heterocycles. The molecular formula is C17H18BrFO. The van der Waals surface area contributed by atoms with Crippen molar-refractivity contribution in [2.24, 2.45) is 0 Å². The van der Waals surface area contributed by atoms with Crippen LogP contribution in [-0.2, 0) is 12.0 Å². The van der Waals surface area contributed by atoms with Crippen molar-refractivity contribution in [2.75, 3.05) is 0 Å². The van der Waals surface area contributed by atoms with Crippen LogP contribution in [0.2, 0.25) is 0 Å². The summed E-state index contributed by atoms with van der Waals surface area (Å²) in [4.78, 5) is 0. The van der Waals surface area contributed by atoms with Gasteiger partial charge in [0.1, 0.15) is 5.82 Å². The van der Waals surface area contributed by atoms with E-state index in [4.69, 9.17) is 0 Å². The molecule has 0 radical (unpaired) electrons. The van der Waals surface area contributed by atoms with Crippen molar-refractivity contribution < 1.29 is 9.50 Å². The first kappa shape index (κ1) is 15.2. The average molecular weight is 337 g/mol. The van der Waals surface area contributed by atoms with Crippen molar-refractivity contribution in [1.82, 2.24) is 0 Å². The summed E-state index contributed by atoms with van der Waals surface area (Å²) in [6, 6.07) is 10.6. The van der Waals surface area contributed by atoms with E-state index in [2.05, 4.69) is 22.0 Å². The third-order valence-electron chi connectivity index (χ3n) is 3.39. The van der Waals surface area contributed by atoms with E-state index in [-0.39, 0.29) is 5.82 Å². The van der Waals surface area contributed by atoms with E-state index in [1.165, 1.54) is 12.1 Å². The van der Waals surface area contributed by atoms with E-state index >= 15 is 0 Å². The summed E-state index contributed by atoms with van der Waals surface area (Å²) >= 11 is 3.35. The fourth-order valence-electron chi connectivity index (χ4n) is 2.42. The van der Waals surface area contributed by atoms with E-state index in [0.29, 0.717) is 10.9 Å². The van der Waals surface area contributed by atoms with Gasteiger partial charge in [0.15, 0.2) is 0 Å². The Kier molecular flexibility index (Phi) is 4.31. The summed E-state index contributed by atoms with van der Waals surface area (Å²) in [5.74, 6) is -0.285. The second-order valence-electron chi connectivity index (χ2n) is 5.56. The van der Waals surface area contributed by atoms with Crippen LogP contribution in [0.4, 0.5) is 4.39 Å². The molecule has 0 heterocycles. The second-order valence-corrected chi connectivity index (χ2v) is 6.42. The maximum Gasteiger partial charge on any atom is 0.124 e. The SMILES string of the molecule is Cc1cc(C)cc(C(C)(O)Cc2ccc(F)cc2Br)c1. The first-order chi connectivity index (χ1) is 9.28. The lowest BCUT2D eigenvalue weighted by atomic mass is 9.87. The number of rotatable bonds is 3. The lowest BCUT2D eigenvalue weighted by Crippen LogP contribution is -2.24. The van der Waals surface area contributed by atoms with Crippen LogP contribution in [0.15, 0.2) is 40.9 Å². The fraction of sp³-hybridized carbons (Fsp3) is 0.294. The third-order valence-corrected chi connectivity index (χ3v) is 4.13. The van der Waals surface area contributed by atoms with E-state index in [1.54, 1.807) is 13.0 Å². The molecule has 0 aliphatic rings. The zero-order chi connectivity index (χ0) is 14.9. The van der Waals surface area contributed by atoms with Crippen molar-refractivity contribution in [3.05, 3.63) is 68.9 Å². The quantitative estimate of drug-likeness (QED) is 0.864. The highest BCUT2D eigenvalue weighted by Gasteiger charge is 2.25. The maximum atomic E-state index is 13.1. The van der Waals surface area contributed by atoms with E-state index in [9.17, 15) is 9.50 Å². The topological polar surface area (TPSA) is 20.2 Å². The van der Waals surface area contributed by atoms with Crippen LogP contribution in [0.3, 0.4) is 0 Å². The molecule has 1 N–H and O–H groups in total. The number of aliphatic hydroxyl groups is 1. The molecule has 2 rings (SSSR count). The molecule has 1 unspecified atom stereocenters. The van der Waals surface area contributed by atoms with Gasteiger partial charge >= 0.3 is 0 Å². The largest absolute Gasteiger partial charge is 0.385 e. The van der Waals surface area contributed by atoms with Gasteiger partial charge in [0, 0.05) is 10.9 Å². The van der Waals surface area contributed by atoms with Crippen LogP contribution in [0, 0.1) is 19.7 Å². The molecule has 1 atom stereocenters. The predicted octanol–water partition coefficient (Wildman–Crippen LogP) is 4.66. The van der Waals surface area contributed by atoms with Crippen molar-refractivity contribution in [2.45, 2.75) is 32.8 Å². The average Bonchev–Trinajstić information content (AvgIpc) is 2.31. The Morgan fingerprint density at radius 1 is 1.10 bits per heavy atom. The summed E-state index contributed by atoms with van der Waals surface area (Å²) in [6.45, 7) is 5.82. The van der Waals surface area contributed by atoms with Crippen LogP contribution in [0.1, 0.15) is 29.2 Å². The molecule has 0 fully saturated rings. The van der Waals surface area contributed by atoms with Gasteiger partial charge in [0.25, 0.3) is 0 Å². The van der Waals surface area contributed by atoms with E-state index in [0.717, 1.165) is 22.3 Å². The first-order valence-electron chi connectivity index (χ1n) is 6.53. The molecule has 1 nitrogen and oxygen atoms in total. The highest BCUT2D eigenvalue weighted by atomic mass is 79.9. The molecule has 0 spiro atoms. The molecule has 0 aliphatic carbocycles. The Bertz CT molecular complexity index is 615. The molecule has 20 heavy (non-hydrogen) atoms. The molecule has 0 saturated carbocycles. The van der Waals surface area contributed by atoms with E-state index < -0.39 is 5.60 Å². The first-order valence-corrected chi connectivity index (χ1v) is 7.32. The van der Waals surface area contributed by atoms with Gasteiger partial charge in [-0.15, -0.1) is 0 Å². The molecule has 3 heteroatoms. The van der Waals surface area contributed by atoms with Crippen molar-refractivity contribution in [3.8, 4) is 0 Å². The Balaban J connectivity index is 2.34. The lowest BCUT2D eigenvalue weighted by Gasteiger charge is -2.25. The zero-order valence-electron chi connectivity index (χ0n) is 11.9. The number of hydrogen-bond donors (Lipinski definition) is 1. The Morgan fingerprint density at radius 3 is 2.25 bits per heavy atom. The Morgan fingerprint density at radius 2 is 1.70 bits per heavy atom. The minimum atomic E-state index is -0.989. The summed E-state index contributed by atoms with van der Waals surface area (Å²) < 4.78 is 13.8. The van der Waals surface area contributed by atoms with Crippen LogP contribution in [0.5, 0.6) is 0 Å². The minimum absolute atomic E-state index is 0.285. The van der Waals surface area contributed by atoms with Gasteiger partial charge in [0.05, 0.1) is 5.60 Å². The Labute approximate surface area is 127 Å². The molecule has 106 valence electrons. The summed E-state index contributed by atoms with van der Waals surface area (Å²) in [7, 11) is 0. The predicted molar refractivity (Wildman–Crippen MR) is 83.3 cm³/mol. The third kappa shape index (κ3) is 3.47. The highest BCUT2D eigenvalue weighted by molar-refractivity contribution is 9.10. The van der Waals surface area contributed by atoms with Crippen molar-refractivity contribution >= 4 is 15.9 Å². The van der Waals surface area contributed by atoms with Crippen molar-refractivity contribution in [1.29, 1.82) is 0 Å². The van der Waals surface area contributed by atoms with Gasteiger partial charge in [-0.05, 0) is 44.0 Å². The summed E-state index contributed by atoms with van der Waals surface area (Å²) in [5.41, 5.74) is 3.02. The van der Waals surface area contributed by atoms with Crippen LogP contribution < -0.4 is 0 Å². The van der Waals surface area contributed by atoms with Crippen LogP contribution in [0.25, 0.3) is 0 Å². The van der Waals surface area contributed by atoms with Crippen LogP contribution in [-0.4, -0.2) is 5.11 Å². The van der Waals surface area contributed by atoms with Gasteiger partial charge in [0.2, 0.25) is 0 Å². The summed E-state index contributed by atoms with van der Waals surface area (Å²) in [5, 5.41) is 10.8. The fourth-order valence-corrected chi connectivity index (χ4v) is 2.91. The Hall–Kier alpha value is -1.19. The smallest absolute Gasteiger partial charge is 0.124 e. The van der Waals surface area contributed by atoms with Gasteiger partial charge in [-0.3, -0.25) is 0 Å². The minimum Gasteiger partial charge on any atom is -0.385 e. The van der Waals surface area contributed by atoms with Crippen LogP contribution >= 0.6 is 15.9 Å². The molecular weight excluding hydrogens is 319 g/mol. The van der Waals surface area contributed by atoms with Gasteiger partial charge in [-0.1, -0.05) is 51.3 Å². The maximum absolute atomic E-state index is 13.1. The van der Waals surface area contributed by atoms with Gasteiger partial charge < -0.3 is 5.11 Å². The molecule has 0 bridgehead atoms. The second kappa shape index (κ2) is 5.66. The van der Waals surface area contributed by atoms with Gasteiger partial charge in [-0.25, -0.2) is 4.39 Å². The number of aryl methyl sites for hydroxylation is 2. The number of benzene rings is 2. The zero-order valence-corrected chi connectivity index (χ0v) is 13.5. The number of hydrogen-bond acceptors (Lipinski definition) is 1. The molecule has 2 aromatic carbocycles. The lowest BCUT2D eigenvalue weighted by molar-refractivity contribution is 0.0573. The monoisotopic (exact) mass is 336 g/mol. The van der Waals surface area contributed by atoms with Crippen molar-refractivity contribution in [3.63, 3.8) is 0 Å². The summed E-state index contributed by atoms with van der Waals surface area (Å²) in [6.07, 6.45) is 0.427. The number of halogens is 2. The molecule has 2 aromatic rings. The highest BCUT2D eigenvalue weighted by Crippen LogP contribution is 2.30. The normalized spacial score (nSPS) is 14.1. The molecule has 0 aliphatic heterocycles. The standard InChI is InChI=1S/C17H18BrFO/c1-11-6-12(2)8-14(7-11)17(3,20)10-13-4-5-15(19)9-16(13)18/h4-9,20H,10H2,1-3H3.